The van der Waals surface area contributed by atoms with Crippen molar-refractivity contribution >= 4 is 17.3 Å². The molecular weight excluding hydrogens is 440 g/mol. The number of nitrogens with zero attached hydrogens (tertiary/aromatic N) is 6. The molecule has 168 valence electrons. The Morgan fingerprint density at radius 1 is 1.06 bits per heavy atom. The summed E-state index contributed by atoms with van der Waals surface area (Å²) in [5, 5.41) is 23.0. The van der Waals surface area contributed by atoms with Crippen LogP contribution in [0.3, 0.4) is 0 Å². The fraction of sp³-hybridized carbons (Fsp3) is 0.0870. The smallest absolute Gasteiger partial charge is 0.344 e. The van der Waals surface area contributed by atoms with Crippen molar-refractivity contribution in [2.45, 2.75) is 13.0 Å². The standard InChI is InChI=1S/C23H16N6O5/c1-14(21-26-27-22(34-21)16-7-9-17(10-8-16)29(31)32)33-23(30)18-13-25-28-19(11-12-24-20(18)28)15-5-3-2-4-6-15/h2-14H,1H3. The normalized spacial score (nSPS) is 11.9. The van der Waals surface area contributed by atoms with Crippen LogP contribution in [0.15, 0.2) is 77.5 Å². The van der Waals surface area contributed by atoms with Gasteiger partial charge in [-0.15, -0.1) is 10.2 Å². The molecule has 11 nitrogen and oxygen atoms in total. The topological polar surface area (TPSA) is 139 Å². The van der Waals surface area contributed by atoms with Gasteiger partial charge in [0.2, 0.25) is 5.89 Å². The number of hydrogen-bond donors (Lipinski definition) is 0. The zero-order chi connectivity index (χ0) is 23.7. The van der Waals surface area contributed by atoms with Crippen LogP contribution in [0.5, 0.6) is 0 Å². The van der Waals surface area contributed by atoms with E-state index in [-0.39, 0.29) is 23.0 Å². The Morgan fingerprint density at radius 2 is 1.82 bits per heavy atom. The summed E-state index contributed by atoms with van der Waals surface area (Å²) in [6.45, 7) is 1.60. The lowest BCUT2D eigenvalue weighted by molar-refractivity contribution is -0.384. The van der Waals surface area contributed by atoms with Crippen LogP contribution in [0.2, 0.25) is 0 Å². The van der Waals surface area contributed by atoms with Gasteiger partial charge < -0.3 is 9.15 Å². The first-order valence-electron chi connectivity index (χ1n) is 10.2. The SMILES string of the molecule is CC(OC(=O)c1cnn2c(-c3ccccc3)ccnc12)c1nnc(-c2ccc([N+](=O)[O-])cc2)o1. The van der Waals surface area contributed by atoms with Gasteiger partial charge in [0.1, 0.15) is 5.56 Å². The number of esters is 1. The molecule has 11 heteroatoms. The van der Waals surface area contributed by atoms with Crippen LogP contribution < -0.4 is 0 Å². The molecule has 3 aromatic heterocycles. The highest BCUT2D eigenvalue weighted by molar-refractivity contribution is 5.96. The van der Waals surface area contributed by atoms with E-state index in [2.05, 4.69) is 20.3 Å². The first-order chi connectivity index (χ1) is 16.5. The Kier molecular flexibility index (Phi) is 5.26. The average molecular weight is 456 g/mol. The zero-order valence-corrected chi connectivity index (χ0v) is 17.7. The second-order valence-electron chi connectivity index (χ2n) is 7.29. The molecule has 1 unspecified atom stereocenters. The molecule has 0 spiro atoms. The largest absolute Gasteiger partial charge is 0.449 e. The van der Waals surface area contributed by atoms with Gasteiger partial charge in [-0.05, 0) is 25.1 Å². The van der Waals surface area contributed by atoms with E-state index in [9.17, 15) is 14.9 Å². The quantitative estimate of drug-likeness (QED) is 0.208. The second-order valence-corrected chi connectivity index (χ2v) is 7.29. The number of non-ortho nitro benzene ring substituents is 1. The number of nitro groups is 1. The number of carbonyl (C=O) groups is 1. The first kappa shape index (κ1) is 20.9. The third-order valence-corrected chi connectivity index (χ3v) is 5.09. The maximum atomic E-state index is 12.9. The van der Waals surface area contributed by atoms with E-state index < -0.39 is 17.0 Å². The highest BCUT2D eigenvalue weighted by atomic mass is 16.6. The highest BCUT2D eigenvalue weighted by Crippen LogP contribution is 2.26. The summed E-state index contributed by atoms with van der Waals surface area (Å²) < 4.78 is 12.7. The summed E-state index contributed by atoms with van der Waals surface area (Å²) >= 11 is 0. The number of aromatic nitrogens is 5. The Hall–Kier alpha value is -4.93. The molecule has 34 heavy (non-hydrogen) atoms. The van der Waals surface area contributed by atoms with Gasteiger partial charge >= 0.3 is 5.97 Å². The molecular formula is C23H16N6O5. The molecule has 5 aromatic rings. The van der Waals surface area contributed by atoms with Crippen molar-refractivity contribution in [3.05, 3.63) is 94.6 Å². The van der Waals surface area contributed by atoms with Crippen molar-refractivity contribution in [1.82, 2.24) is 24.8 Å². The van der Waals surface area contributed by atoms with Crippen molar-refractivity contribution in [2.75, 3.05) is 0 Å². The van der Waals surface area contributed by atoms with Crippen LogP contribution >= 0.6 is 0 Å². The number of nitro benzene ring substituents is 1. The van der Waals surface area contributed by atoms with Gasteiger partial charge in [0.25, 0.3) is 11.6 Å². The van der Waals surface area contributed by atoms with Crippen molar-refractivity contribution in [3.63, 3.8) is 0 Å². The van der Waals surface area contributed by atoms with Crippen LogP contribution in [0.25, 0.3) is 28.4 Å². The van der Waals surface area contributed by atoms with E-state index in [1.54, 1.807) is 17.6 Å². The maximum Gasteiger partial charge on any atom is 0.344 e. The lowest BCUT2D eigenvalue weighted by Crippen LogP contribution is -2.10. The van der Waals surface area contributed by atoms with Crippen LogP contribution in [0, 0.1) is 10.1 Å². The monoisotopic (exact) mass is 456 g/mol. The van der Waals surface area contributed by atoms with Crippen LogP contribution in [0.4, 0.5) is 5.69 Å². The lowest BCUT2D eigenvalue weighted by atomic mass is 10.1. The minimum atomic E-state index is -0.848. The minimum absolute atomic E-state index is 0.0526. The van der Waals surface area contributed by atoms with Gasteiger partial charge in [-0.3, -0.25) is 10.1 Å². The number of carbonyl (C=O) groups excluding carboxylic acids is 1. The third kappa shape index (κ3) is 3.86. The van der Waals surface area contributed by atoms with Crippen LogP contribution in [0.1, 0.15) is 29.3 Å². The predicted molar refractivity (Wildman–Crippen MR) is 119 cm³/mol. The second kappa shape index (κ2) is 8.54. The number of fused-ring (bicyclic) bond motifs is 1. The number of hydrogen-bond acceptors (Lipinski definition) is 9. The Morgan fingerprint density at radius 3 is 2.56 bits per heavy atom. The molecule has 0 aliphatic rings. The summed E-state index contributed by atoms with van der Waals surface area (Å²) in [7, 11) is 0. The molecule has 2 aromatic carbocycles. The van der Waals surface area contributed by atoms with E-state index >= 15 is 0 Å². The van der Waals surface area contributed by atoms with Gasteiger partial charge in [0.15, 0.2) is 11.8 Å². The molecule has 0 aliphatic heterocycles. The zero-order valence-electron chi connectivity index (χ0n) is 17.7. The fourth-order valence-corrected chi connectivity index (χ4v) is 3.38. The minimum Gasteiger partial charge on any atom is -0.449 e. The number of rotatable bonds is 6. The van der Waals surface area contributed by atoms with Gasteiger partial charge in [-0.25, -0.2) is 14.3 Å². The van der Waals surface area contributed by atoms with E-state index in [1.165, 1.54) is 30.5 Å². The van der Waals surface area contributed by atoms with Crippen molar-refractivity contribution in [2.24, 2.45) is 0 Å². The molecule has 0 saturated carbocycles. The Labute approximate surface area is 191 Å². The molecule has 0 saturated heterocycles. The van der Waals surface area contributed by atoms with Crippen molar-refractivity contribution < 1.29 is 18.9 Å². The molecule has 0 bridgehead atoms. The molecule has 3 heterocycles. The fourth-order valence-electron chi connectivity index (χ4n) is 3.38. The summed E-state index contributed by atoms with van der Waals surface area (Å²) in [4.78, 5) is 27.5. The highest BCUT2D eigenvalue weighted by Gasteiger charge is 2.23. The molecule has 0 aliphatic carbocycles. The van der Waals surface area contributed by atoms with Crippen LogP contribution in [-0.4, -0.2) is 35.7 Å². The van der Waals surface area contributed by atoms with E-state index in [0.29, 0.717) is 11.2 Å². The first-order valence-corrected chi connectivity index (χ1v) is 10.2. The average Bonchev–Trinajstić information content (AvgIpc) is 3.52. The summed E-state index contributed by atoms with van der Waals surface area (Å²) in [6.07, 6.45) is 2.16. The molecule has 0 radical (unpaired) electrons. The van der Waals surface area contributed by atoms with Gasteiger partial charge in [-0.2, -0.15) is 5.10 Å². The van der Waals surface area contributed by atoms with E-state index in [4.69, 9.17) is 9.15 Å². The lowest BCUT2D eigenvalue weighted by Gasteiger charge is -2.08. The van der Waals surface area contributed by atoms with Crippen molar-refractivity contribution in [3.8, 4) is 22.7 Å². The van der Waals surface area contributed by atoms with Crippen molar-refractivity contribution in [1.29, 1.82) is 0 Å². The van der Waals surface area contributed by atoms with E-state index in [0.717, 1.165) is 11.3 Å². The predicted octanol–water partition coefficient (Wildman–Crippen LogP) is 4.27. The van der Waals surface area contributed by atoms with E-state index in [1.807, 2.05) is 36.4 Å². The summed E-state index contributed by atoms with van der Waals surface area (Å²) in [5.41, 5.74) is 2.71. The number of ether oxygens (including phenoxy) is 1. The summed E-state index contributed by atoms with van der Waals surface area (Å²) in [6, 6.07) is 17.1. The molecule has 0 amide bonds. The maximum absolute atomic E-state index is 12.9. The summed E-state index contributed by atoms with van der Waals surface area (Å²) in [5.74, 6) is -0.413. The number of benzene rings is 2. The Balaban J connectivity index is 1.35. The molecule has 0 N–H and O–H groups in total. The van der Waals surface area contributed by atoms with Gasteiger partial charge in [-0.1, -0.05) is 30.3 Å². The Bertz CT molecular complexity index is 1490. The van der Waals surface area contributed by atoms with Gasteiger partial charge in [0.05, 0.1) is 16.8 Å². The van der Waals surface area contributed by atoms with Gasteiger partial charge in [0, 0.05) is 29.5 Å². The molecule has 0 fully saturated rings. The molecule has 5 rings (SSSR count). The third-order valence-electron chi connectivity index (χ3n) is 5.09. The molecule has 1 atom stereocenters. The van der Waals surface area contributed by atoms with Crippen LogP contribution in [-0.2, 0) is 4.74 Å².